The van der Waals surface area contributed by atoms with E-state index in [-0.39, 0.29) is 24.5 Å². The van der Waals surface area contributed by atoms with Crippen molar-refractivity contribution in [1.29, 1.82) is 0 Å². The number of carbonyl (C=O) groups excluding carboxylic acids is 2. The number of hydrogen-bond donors (Lipinski definition) is 1. The lowest BCUT2D eigenvalue weighted by atomic mass is 9.98. The van der Waals surface area contributed by atoms with Gasteiger partial charge < -0.3 is 19.5 Å². The van der Waals surface area contributed by atoms with Gasteiger partial charge in [0.15, 0.2) is 6.61 Å². The van der Waals surface area contributed by atoms with Crippen LogP contribution in [0.15, 0.2) is 42.5 Å². The molecule has 2 aromatic rings. The summed E-state index contributed by atoms with van der Waals surface area (Å²) in [6, 6.07) is 12.6. The molecule has 1 atom stereocenters. The zero-order chi connectivity index (χ0) is 21.5. The third-order valence-corrected chi connectivity index (χ3v) is 5.08. The van der Waals surface area contributed by atoms with Crippen LogP contribution < -0.4 is 10.1 Å². The molecule has 6 heteroatoms. The zero-order valence-electron chi connectivity index (χ0n) is 17.8. The summed E-state index contributed by atoms with van der Waals surface area (Å²) in [6.45, 7) is 7.02. The molecule has 1 amide bonds. The van der Waals surface area contributed by atoms with Gasteiger partial charge in [-0.25, -0.2) is 4.79 Å². The van der Waals surface area contributed by atoms with Crippen LogP contribution >= 0.6 is 0 Å². The second-order valence-corrected chi connectivity index (χ2v) is 7.79. The fraction of sp³-hybridized carbons (Fsp3) is 0.417. The van der Waals surface area contributed by atoms with Crippen LogP contribution in [0, 0.1) is 6.92 Å². The number of anilines is 1. The first-order valence-corrected chi connectivity index (χ1v) is 10.3. The Morgan fingerprint density at radius 1 is 1.17 bits per heavy atom. The number of esters is 1. The number of amides is 1. The number of nitrogens with one attached hydrogen (secondary N) is 1. The largest absolute Gasteiger partial charge is 0.491 e. The molecule has 0 aromatic heterocycles. The quantitative estimate of drug-likeness (QED) is 0.649. The lowest BCUT2D eigenvalue weighted by Crippen LogP contribution is -2.22. The van der Waals surface area contributed by atoms with E-state index in [2.05, 4.69) is 19.2 Å². The summed E-state index contributed by atoms with van der Waals surface area (Å²) in [5.41, 5.74) is 3.17. The van der Waals surface area contributed by atoms with Gasteiger partial charge in [-0.3, -0.25) is 4.79 Å². The van der Waals surface area contributed by atoms with Gasteiger partial charge in [0.05, 0.1) is 11.7 Å². The van der Waals surface area contributed by atoms with Crippen molar-refractivity contribution < 1.29 is 23.8 Å². The van der Waals surface area contributed by atoms with E-state index in [4.69, 9.17) is 14.2 Å². The van der Waals surface area contributed by atoms with Crippen molar-refractivity contribution in [3.05, 3.63) is 59.2 Å². The molecule has 2 aromatic carbocycles. The van der Waals surface area contributed by atoms with Gasteiger partial charge >= 0.3 is 5.97 Å². The molecule has 1 fully saturated rings. The summed E-state index contributed by atoms with van der Waals surface area (Å²) in [5.74, 6) is 0.0186. The minimum absolute atomic E-state index is 0.137. The van der Waals surface area contributed by atoms with E-state index in [1.807, 2.05) is 25.1 Å². The van der Waals surface area contributed by atoms with Crippen LogP contribution in [-0.4, -0.2) is 37.8 Å². The van der Waals surface area contributed by atoms with Crippen molar-refractivity contribution in [1.82, 2.24) is 0 Å². The van der Waals surface area contributed by atoms with Gasteiger partial charge in [-0.2, -0.15) is 0 Å². The van der Waals surface area contributed by atoms with Gasteiger partial charge in [-0.05, 0) is 61.1 Å². The molecule has 160 valence electrons. The summed E-state index contributed by atoms with van der Waals surface area (Å²) in [6.07, 6.45) is 2.21. The summed E-state index contributed by atoms with van der Waals surface area (Å²) < 4.78 is 16.4. The van der Waals surface area contributed by atoms with Crippen molar-refractivity contribution in [3.63, 3.8) is 0 Å². The monoisotopic (exact) mass is 411 g/mol. The molecule has 30 heavy (non-hydrogen) atoms. The molecule has 0 unspecified atom stereocenters. The molecule has 6 nitrogen and oxygen atoms in total. The third kappa shape index (κ3) is 5.83. The highest BCUT2D eigenvalue weighted by Crippen LogP contribution is 2.27. The molecule has 0 bridgehead atoms. The molecule has 1 aliphatic heterocycles. The Morgan fingerprint density at radius 2 is 1.93 bits per heavy atom. The highest BCUT2D eigenvalue weighted by molar-refractivity contribution is 5.96. The lowest BCUT2D eigenvalue weighted by molar-refractivity contribution is -0.119. The number of hydrogen-bond acceptors (Lipinski definition) is 5. The summed E-state index contributed by atoms with van der Waals surface area (Å²) in [7, 11) is 0. The van der Waals surface area contributed by atoms with Crippen LogP contribution in [0.5, 0.6) is 5.75 Å². The number of ether oxygens (including phenoxy) is 3. The number of rotatable bonds is 8. The fourth-order valence-electron chi connectivity index (χ4n) is 3.38. The first-order chi connectivity index (χ1) is 14.4. The maximum Gasteiger partial charge on any atom is 0.338 e. The molecule has 0 aliphatic carbocycles. The highest BCUT2D eigenvalue weighted by atomic mass is 16.5. The van der Waals surface area contributed by atoms with Crippen LogP contribution in [0.25, 0.3) is 0 Å². The average molecular weight is 411 g/mol. The Kier molecular flexibility index (Phi) is 7.46. The smallest absolute Gasteiger partial charge is 0.338 e. The molecule has 1 heterocycles. The fourth-order valence-corrected chi connectivity index (χ4v) is 3.38. The molecular formula is C24H29NO5. The Balaban J connectivity index is 1.50. The van der Waals surface area contributed by atoms with Gasteiger partial charge in [0.25, 0.3) is 5.91 Å². The van der Waals surface area contributed by atoms with E-state index in [0.29, 0.717) is 17.9 Å². The van der Waals surface area contributed by atoms with E-state index in [1.165, 1.54) is 0 Å². The number of para-hydroxylation sites is 1. The number of benzene rings is 2. The predicted octanol–water partition coefficient (Wildman–Crippen LogP) is 4.47. The van der Waals surface area contributed by atoms with Crippen molar-refractivity contribution in [3.8, 4) is 5.75 Å². The second-order valence-electron chi connectivity index (χ2n) is 7.79. The van der Waals surface area contributed by atoms with Crippen molar-refractivity contribution in [2.75, 3.05) is 25.1 Å². The average Bonchev–Trinajstić information content (AvgIpc) is 3.26. The molecule has 3 rings (SSSR count). The van der Waals surface area contributed by atoms with E-state index < -0.39 is 5.97 Å². The standard InChI is InChI=1S/C24H29NO5/c1-16(2)21-8-4-6-17(3)23(21)25-22(26)15-30-24(27)18-9-11-19(12-10-18)29-14-20-7-5-13-28-20/h4,6,8-12,16,20H,5,7,13-15H2,1-3H3,(H,25,26)/t20-/m0/s1. The van der Waals surface area contributed by atoms with E-state index >= 15 is 0 Å². The van der Waals surface area contributed by atoms with Crippen molar-refractivity contribution in [2.24, 2.45) is 0 Å². The normalized spacial score (nSPS) is 15.8. The first kappa shape index (κ1) is 21.8. The predicted molar refractivity (Wildman–Crippen MR) is 115 cm³/mol. The number of aryl methyl sites for hydroxylation is 1. The molecule has 0 saturated carbocycles. The van der Waals surface area contributed by atoms with Gasteiger partial charge in [0, 0.05) is 12.3 Å². The van der Waals surface area contributed by atoms with Crippen LogP contribution in [0.4, 0.5) is 5.69 Å². The Bertz CT molecular complexity index is 870. The van der Waals surface area contributed by atoms with Gasteiger partial charge in [0.1, 0.15) is 12.4 Å². The van der Waals surface area contributed by atoms with E-state index in [0.717, 1.165) is 36.3 Å². The summed E-state index contributed by atoms with van der Waals surface area (Å²) >= 11 is 0. The maximum absolute atomic E-state index is 12.3. The zero-order valence-corrected chi connectivity index (χ0v) is 17.8. The number of carbonyl (C=O) groups is 2. The molecule has 0 radical (unpaired) electrons. The van der Waals surface area contributed by atoms with Gasteiger partial charge in [-0.15, -0.1) is 0 Å². The topological polar surface area (TPSA) is 73.9 Å². The Morgan fingerprint density at radius 3 is 2.60 bits per heavy atom. The maximum atomic E-state index is 12.3. The van der Waals surface area contributed by atoms with Crippen molar-refractivity contribution >= 4 is 17.6 Å². The SMILES string of the molecule is Cc1cccc(C(C)C)c1NC(=O)COC(=O)c1ccc(OC[C@@H]2CCCO2)cc1. The second kappa shape index (κ2) is 10.3. The van der Waals surface area contributed by atoms with Gasteiger partial charge in [0.2, 0.25) is 0 Å². The van der Waals surface area contributed by atoms with Gasteiger partial charge in [-0.1, -0.05) is 32.0 Å². The molecule has 1 saturated heterocycles. The lowest BCUT2D eigenvalue weighted by Gasteiger charge is -2.16. The summed E-state index contributed by atoms with van der Waals surface area (Å²) in [4.78, 5) is 24.6. The highest BCUT2D eigenvalue weighted by Gasteiger charge is 2.17. The van der Waals surface area contributed by atoms with Crippen LogP contribution in [0.2, 0.25) is 0 Å². The van der Waals surface area contributed by atoms with E-state index in [1.54, 1.807) is 24.3 Å². The Hall–Kier alpha value is -2.86. The van der Waals surface area contributed by atoms with Crippen LogP contribution in [-0.2, 0) is 14.3 Å². The van der Waals surface area contributed by atoms with Crippen LogP contribution in [0.1, 0.15) is 54.1 Å². The summed E-state index contributed by atoms with van der Waals surface area (Å²) in [5, 5.41) is 2.87. The third-order valence-electron chi connectivity index (χ3n) is 5.08. The Labute approximate surface area is 177 Å². The molecule has 0 spiro atoms. The molecule has 1 aliphatic rings. The minimum Gasteiger partial charge on any atom is -0.491 e. The van der Waals surface area contributed by atoms with Crippen molar-refractivity contribution in [2.45, 2.75) is 45.6 Å². The van der Waals surface area contributed by atoms with E-state index in [9.17, 15) is 9.59 Å². The minimum atomic E-state index is -0.551. The molecular weight excluding hydrogens is 382 g/mol. The first-order valence-electron chi connectivity index (χ1n) is 10.3. The molecule has 1 N–H and O–H groups in total. The van der Waals surface area contributed by atoms with Crippen LogP contribution in [0.3, 0.4) is 0 Å².